The van der Waals surface area contributed by atoms with Gasteiger partial charge in [-0.25, -0.2) is 4.98 Å². The van der Waals surface area contributed by atoms with Gasteiger partial charge < -0.3 is 15.1 Å². The van der Waals surface area contributed by atoms with E-state index in [1.165, 1.54) is 0 Å². The first-order chi connectivity index (χ1) is 13.3. The van der Waals surface area contributed by atoms with Crippen molar-refractivity contribution in [2.75, 3.05) is 25.5 Å². The molecule has 1 aromatic heterocycles. The Labute approximate surface area is 166 Å². The van der Waals surface area contributed by atoms with Crippen molar-refractivity contribution < 1.29 is 9.59 Å². The molecule has 1 N–H and O–H groups in total. The van der Waals surface area contributed by atoms with Crippen LogP contribution in [0.25, 0.3) is 0 Å². The van der Waals surface area contributed by atoms with E-state index in [-0.39, 0.29) is 23.9 Å². The third-order valence-corrected chi connectivity index (χ3v) is 5.37. The van der Waals surface area contributed by atoms with Crippen LogP contribution in [-0.4, -0.2) is 58.8 Å². The molecule has 2 heterocycles. The molecule has 0 radical (unpaired) electrons. The van der Waals surface area contributed by atoms with Crippen molar-refractivity contribution >= 4 is 17.5 Å². The number of anilines is 1. The smallest absolute Gasteiger partial charge is 0.273 e. The lowest BCUT2D eigenvalue weighted by Crippen LogP contribution is -2.59. The van der Waals surface area contributed by atoms with Gasteiger partial charge in [0, 0.05) is 43.6 Å². The van der Waals surface area contributed by atoms with Gasteiger partial charge in [-0.05, 0) is 51.5 Å². The summed E-state index contributed by atoms with van der Waals surface area (Å²) in [6.45, 7) is 8.75. The van der Waals surface area contributed by atoms with Crippen molar-refractivity contribution in [3.63, 3.8) is 0 Å². The van der Waals surface area contributed by atoms with E-state index in [2.05, 4.69) is 10.3 Å². The van der Waals surface area contributed by atoms with Gasteiger partial charge in [0.2, 0.25) is 0 Å². The molecule has 6 heteroatoms. The zero-order chi connectivity index (χ0) is 20.4. The SMILES string of the molecule is CNc1ccccc1C(=O)N1CC(C)N(C(=O)c2nc(C)ccc2C)CC1C. The highest BCUT2D eigenvalue weighted by atomic mass is 16.2. The summed E-state index contributed by atoms with van der Waals surface area (Å²) in [5, 5.41) is 3.08. The van der Waals surface area contributed by atoms with Crippen LogP contribution in [0.4, 0.5) is 5.69 Å². The summed E-state index contributed by atoms with van der Waals surface area (Å²) >= 11 is 0. The van der Waals surface area contributed by atoms with Crippen LogP contribution < -0.4 is 5.32 Å². The van der Waals surface area contributed by atoms with E-state index in [0.717, 1.165) is 16.9 Å². The maximum atomic E-state index is 13.2. The molecule has 0 spiro atoms. The molecule has 2 aromatic rings. The fourth-order valence-corrected chi connectivity index (χ4v) is 3.71. The standard InChI is InChI=1S/C22H28N4O2/c1-14-10-11-15(2)24-20(14)22(28)26-13-16(3)25(12-17(26)4)21(27)18-8-6-7-9-19(18)23-5/h6-11,16-17,23H,12-13H2,1-5H3. The molecule has 2 unspecified atom stereocenters. The fraction of sp³-hybridized carbons (Fsp3) is 0.409. The molecule has 1 aliphatic rings. The molecule has 2 atom stereocenters. The van der Waals surface area contributed by atoms with Crippen LogP contribution in [-0.2, 0) is 0 Å². The Morgan fingerprint density at radius 1 is 0.964 bits per heavy atom. The molecule has 28 heavy (non-hydrogen) atoms. The van der Waals surface area contributed by atoms with E-state index in [1.807, 2.05) is 80.9 Å². The van der Waals surface area contributed by atoms with Crippen molar-refractivity contribution in [3.05, 3.63) is 58.9 Å². The zero-order valence-corrected chi connectivity index (χ0v) is 17.2. The predicted octanol–water partition coefficient (Wildman–Crippen LogP) is 3.12. The number of nitrogens with one attached hydrogen (secondary N) is 1. The number of benzene rings is 1. The Hall–Kier alpha value is -2.89. The number of nitrogens with zero attached hydrogens (tertiary/aromatic N) is 3. The van der Waals surface area contributed by atoms with Gasteiger partial charge in [0.1, 0.15) is 5.69 Å². The van der Waals surface area contributed by atoms with Crippen LogP contribution >= 0.6 is 0 Å². The minimum absolute atomic E-state index is 0.0127. The lowest BCUT2D eigenvalue weighted by Gasteiger charge is -2.44. The van der Waals surface area contributed by atoms with Gasteiger partial charge in [-0.1, -0.05) is 18.2 Å². The molecule has 6 nitrogen and oxygen atoms in total. The third kappa shape index (κ3) is 3.72. The average Bonchev–Trinajstić information content (AvgIpc) is 2.70. The number of amides is 2. The number of carbonyl (C=O) groups excluding carboxylic acids is 2. The number of para-hydroxylation sites is 1. The number of carbonyl (C=O) groups is 2. The van der Waals surface area contributed by atoms with Crippen molar-refractivity contribution in [3.8, 4) is 0 Å². The van der Waals surface area contributed by atoms with Crippen LogP contribution in [0, 0.1) is 13.8 Å². The molecule has 0 bridgehead atoms. The number of hydrogen-bond donors (Lipinski definition) is 1. The summed E-state index contributed by atoms with van der Waals surface area (Å²) in [4.78, 5) is 34.4. The highest BCUT2D eigenvalue weighted by molar-refractivity contribution is 6.00. The Bertz CT molecular complexity index is 896. The lowest BCUT2D eigenvalue weighted by molar-refractivity contribution is 0.0267. The van der Waals surface area contributed by atoms with E-state index < -0.39 is 0 Å². The van der Waals surface area contributed by atoms with Crippen LogP contribution in [0.15, 0.2) is 36.4 Å². The first-order valence-corrected chi connectivity index (χ1v) is 9.66. The number of pyridine rings is 1. The minimum atomic E-state index is -0.0869. The molecule has 0 aliphatic carbocycles. The molecule has 2 amide bonds. The highest BCUT2D eigenvalue weighted by Gasteiger charge is 2.36. The summed E-state index contributed by atoms with van der Waals surface area (Å²) in [5.41, 5.74) is 3.66. The average molecular weight is 380 g/mol. The number of aryl methyl sites for hydroxylation is 2. The second-order valence-electron chi connectivity index (χ2n) is 7.53. The number of piperazine rings is 1. The second-order valence-corrected chi connectivity index (χ2v) is 7.53. The first kappa shape index (κ1) is 19.9. The van der Waals surface area contributed by atoms with Crippen molar-refractivity contribution in [2.24, 2.45) is 0 Å². The Morgan fingerprint density at radius 2 is 1.57 bits per heavy atom. The summed E-state index contributed by atoms with van der Waals surface area (Å²) in [7, 11) is 1.81. The molecule has 148 valence electrons. The van der Waals surface area contributed by atoms with Crippen molar-refractivity contribution in [2.45, 2.75) is 39.8 Å². The van der Waals surface area contributed by atoms with Crippen LogP contribution in [0.3, 0.4) is 0 Å². The Morgan fingerprint density at radius 3 is 2.21 bits per heavy atom. The van der Waals surface area contributed by atoms with Gasteiger partial charge in [0.15, 0.2) is 0 Å². The number of hydrogen-bond acceptors (Lipinski definition) is 4. The van der Waals surface area contributed by atoms with Gasteiger partial charge in [-0.15, -0.1) is 0 Å². The lowest BCUT2D eigenvalue weighted by atomic mass is 10.0. The molecule has 3 rings (SSSR count). The van der Waals surface area contributed by atoms with Crippen molar-refractivity contribution in [1.29, 1.82) is 0 Å². The van der Waals surface area contributed by atoms with Gasteiger partial charge in [0.05, 0.1) is 5.56 Å². The summed E-state index contributed by atoms with van der Waals surface area (Å²) < 4.78 is 0. The van der Waals surface area contributed by atoms with Crippen molar-refractivity contribution in [1.82, 2.24) is 14.8 Å². The number of aromatic nitrogens is 1. The topological polar surface area (TPSA) is 65.5 Å². The second kappa shape index (κ2) is 8.00. The molecule has 0 saturated carbocycles. The molecular weight excluding hydrogens is 352 g/mol. The molecule has 1 aromatic carbocycles. The monoisotopic (exact) mass is 380 g/mol. The van der Waals surface area contributed by atoms with Gasteiger partial charge in [-0.3, -0.25) is 9.59 Å². The van der Waals surface area contributed by atoms with Gasteiger partial charge in [-0.2, -0.15) is 0 Å². The fourth-order valence-electron chi connectivity index (χ4n) is 3.71. The zero-order valence-electron chi connectivity index (χ0n) is 17.2. The molecule has 1 saturated heterocycles. The van der Waals surface area contributed by atoms with Gasteiger partial charge >= 0.3 is 0 Å². The summed E-state index contributed by atoms with van der Waals surface area (Å²) in [6, 6.07) is 11.2. The van der Waals surface area contributed by atoms with E-state index in [0.29, 0.717) is 24.3 Å². The molecular formula is C22H28N4O2. The normalized spacial score (nSPS) is 19.5. The summed E-state index contributed by atoms with van der Waals surface area (Å²) in [6.07, 6.45) is 0. The molecule has 1 fully saturated rings. The van der Waals surface area contributed by atoms with E-state index in [4.69, 9.17) is 0 Å². The maximum absolute atomic E-state index is 13.2. The van der Waals surface area contributed by atoms with Crippen LogP contribution in [0.5, 0.6) is 0 Å². The van der Waals surface area contributed by atoms with Crippen LogP contribution in [0.1, 0.15) is 46.0 Å². The largest absolute Gasteiger partial charge is 0.387 e. The van der Waals surface area contributed by atoms with E-state index in [9.17, 15) is 9.59 Å². The van der Waals surface area contributed by atoms with E-state index in [1.54, 1.807) is 0 Å². The molecule has 1 aliphatic heterocycles. The first-order valence-electron chi connectivity index (χ1n) is 9.66. The van der Waals surface area contributed by atoms with E-state index >= 15 is 0 Å². The maximum Gasteiger partial charge on any atom is 0.273 e. The summed E-state index contributed by atoms with van der Waals surface area (Å²) in [5.74, 6) is -0.0791. The Balaban J connectivity index is 1.81. The predicted molar refractivity (Wildman–Crippen MR) is 111 cm³/mol. The van der Waals surface area contributed by atoms with Crippen LogP contribution in [0.2, 0.25) is 0 Å². The number of rotatable bonds is 3. The third-order valence-electron chi connectivity index (χ3n) is 5.37. The highest BCUT2D eigenvalue weighted by Crippen LogP contribution is 2.23. The minimum Gasteiger partial charge on any atom is -0.387 e. The quantitative estimate of drug-likeness (QED) is 0.889. The Kier molecular flexibility index (Phi) is 5.68. The van der Waals surface area contributed by atoms with Gasteiger partial charge in [0.25, 0.3) is 11.8 Å².